The maximum atomic E-state index is 12.2. The number of nitrogens with one attached hydrogen (secondary N) is 1. The number of amides is 1. The van der Waals surface area contributed by atoms with E-state index in [-0.39, 0.29) is 5.91 Å². The van der Waals surface area contributed by atoms with Gasteiger partial charge in [0, 0.05) is 45.0 Å². The van der Waals surface area contributed by atoms with Gasteiger partial charge in [-0.1, -0.05) is 26.0 Å². The Morgan fingerprint density at radius 1 is 1.19 bits per heavy atom. The average molecular weight is 357 g/mol. The SMILES string of the molecule is Cc1nn(CC(C)C)c(C)c1CCC(=O)NCc1ccc(N(C)C)cc1. The summed E-state index contributed by atoms with van der Waals surface area (Å²) in [5.74, 6) is 0.639. The van der Waals surface area contributed by atoms with E-state index in [2.05, 4.69) is 65.0 Å². The van der Waals surface area contributed by atoms with Crippen LogP contribution < -0.4 is 10.2 Å². The zero-order valence-corrected chi connectivity index (χ0v) is 17.0. The van der Waals surface area contributed by atoms with Crippen LogP contribution in [0.4, 0.5) is 5.69 Å². The largest absolute Gasteiger partial charge is 0.378 e. The van der Waals surface area contributed by atoms with E-state index in [1.165, 1.54) is 11.3 Å². The molecule has 1 aromatic carbocycles. The van der Waals surface area contributed by atoms with Gasteiger partial charge in [0.25, 0.3) is 0 Å². The Kier molecular flexibility index (Phi) is 6.83. The molecule has 142 valence electrons. The van der Waals surface area contributed by atoms with Gasteiger partial charge in [-0.25, -0.2) is 0 Å². The molecule has 2 aromatic rings. The number of hydrogen-bond donors (Lipinski definition) is 1. The molecule has 5 heteroatoms. The van der Waals surface area contributed by atoms with Crippen LogP contribution in [0.3, 0.4) is 0 Å². The van der Waals surface area contributed by atoms with Gasteiger partial charge in [-0.15, -0.1) is 0 Å². The van der Waals surface area contributed by atoms with Gasteiger partial charge in [0.05, 0.1) is 5.69 Å². The number of carbonyl (C=O) groups is 1. The van der Waals surface area contributed by atoms with Gasteiger partial charge in [-0.05, 0) is 49.4 Å². The van der Waals surface area contributed by atoms with Crippen molar-refractivity contribution < 1.29 is 4.79 Å². The predicted octanol–water partition coefficient (Wildman–Crippen LogP) is 3.47. The van der Waals surface area contributed by atoms with Crippen molar-refractivity contribution in [3.05, 3.63) is 46.8 Å². The Morgan fingerprint density at radius 3 is 2.42 bits per heavy atom. The van der Waals surface area contributed by atoms with Crippen molar-refractivity contribution in [1.29, 1.82) is 0 Å². The van der Waals surface area contributed by atoms with E-state index in [9.17, 15) is 4.79 Å². The first kappa shape index (κ1) is 20.0. The fourth-order valence-corrected chi connectivity index (χ4v) is 3.06. The second-order valence-electron chi connectivity index (χ2n) is 7.56. The highest BCUT2D eigenvalue weighted by atomic mass is 16.1. The Bertz CT molecular complexity index is 729. The Labute approximate surface area is 157 Å². The smallest absolute Gasteiger partial charge is 0.220 e. The first-order valence-corrected chi connectivity index (χ1v) is 9.33. The zero-order chi connectivity index (χ0) is 19.3. The lowest BCUT2D eigenvalue weighted by atomic mass is 10.1. The highest BCUT2D eigenvalue weighted by Gasteiger charge is 2.13. The lowest BCUT2D eigenvalue weighted by Crippen LogP contribution is -2.23. The minimum absolute atomic E-state index is 0.0806. The molecule has 5 nitrogen and oxygen atoms in total. The molecule has 2 rings (SSSR count). The zero-order valence-electron chi connectivity index (χ0n) is 17.0. The van der Waals surface area contributed by atoms with Crippen LogP contribution in [0.15, 0.2) is 24.3 Å². The molecule has 0 bridgehead atoms. The molecule has 1 aromatic heterocycles. The van der Waals surface area contributed by atoms with Gasteiger partial charge in [-0.3, -0.25) is 9.48 Å². The molecule has 0 radical (unpaired) electrons. The fourth-order valence-electron chi connectivity index (χ4n) is 3.06. The summed E-state index contributed by atoms with van der Waals surface area (Å²) < 4.78 is 2.07. The third kappa shape index (κ3) is 5.35. The molecule has 0 aliphatic carbocycles. The quantitative estimate of drug-likeness (QED) is 0.788. The van der Waals surface area contributed by atoms with Crippen LogP contribution >= 0.6 is 0 Å². The molecule has 0 saturated heterocycles. The fraction of sp³-hybridized carbons (Fsp3) is 0.524. The molecule has 0 unspecified atom stereocenters. The summed E-state index contributed by atoms with van der Waals surface area (Å²) >= 11 is 0. The maximum Gasteiger partial charge on any atom is 0.220 e. The highest BCUT2D eigenvalue weighted by Crippen LogP contribution is 2.17. The van der Waals surface area contributed by atoms with E-state index in [1.807, 2.05) is 21.0 Å². The number of rotatable bonds is 8. The second kappa shape index (κ2) is 8.88. The summed E-state index contributed by atoms with van der Waals surface area (Å²) in [6.07, 6.45) is 1.23. The van der Waals surface area contributed by atoms with Crippen LogP contribution in [0.2, 0.25) is 0 Å². The standard InChI is InChI=1S/C21H32N4O/c1-15(2)14-25-17(4)20(16(3)23-25)11-12-21(26)22-13-18-7-9-19(10-8-18)24(5)6/h7-10,15H,11-14H2,1-6H3,(H,22,26). The first-order chi connectivity index (χ1) is 12.3. The molecular formula is C21H32N4O. The molecule has 0 fully saturated rings. The van der Waals surface area contributed by atoms with Crippen molar-refractivity contribution >= 4 is 11.6 Å². The second-order valence-corrected chi connectivity index (χ2v) is 7.56. The molecule has 0 atom stereocenters. The van der Waals surface area contributed by atoms with Gasteiger partial charge >= 0.3 is 0 Å². The molecule has 1 amide bonds. The third-order valence-electron chi connectivity index (χ3n) is 4.61. The third-order valence-corrected chi connectivity index (χ3v) is 4.61. The average Bonchev–Trinajstić information content (AvgIpc) is 2.84. The van der Waals surface area contributed by atoms with E-state index in [0.29, 0.717) is 18.9 Å². The molecule has 26 heavy (non-hydrogen) atoms. The Hall–Kier alpha value is -2.30. The Morgan fingerprint density at radius 2 is 1.85 bits per heavy atom. The minimum atomic E-state index is 0.0806. The number of aromatic nitrogens is 2. The molecular weight excluding hydrogens is 324 g/mol. The van der Waals surface area contributed by atoms with Crippen LogP contribution in [0, 0.1) is 19.8 Å². The molecule has 0 aliphatic heterocycles. The summed E-state index contributed by atoms with van der Waals surface area (Å²) in [5.41, 5.74) is 5.69. The number of anilines is 1. The van der Waals surface area contributed by atoms with E-state index >= 15 is 0 Å². The first-order valence-electron chi connectivity index (χ1n) is 9.33. The van der Waals surface area contributed by atoms with E-state index in [4.69, 9.17) is 0 Å². The topological polar surface area (TPSA) is 50.2 Å². The van der Waals surface area contributed by atoms with Gasteiger partial charge in [-0.2, -0.15) is 5.10 Å². The van der Waals surface area contributed by atoms with Gasteiger partial charge < -0.3 is 10.2 Å². The van der Waals surface area contributed by atoms with E-state index < -0.39 is 0 Å². The van der Waals surface area contributed by atoms with Crippen LogP contribution in [-0.2, 0) is 24.3 Å². The number of aryl methyl sites for hydroxylation is 1. The molecule has 0 saturated carbocycles. The normalized spacial score (nSPS) is 11.0. The van der Waals surface area contributed by atoms with E-state index in [1.54, 1.807) is 0 Å². The van der Waals surface area contributed by atoms with Gasteiger partial charge in [0.15, 0.2) is 0 Å². The van der Waals surface area contributed by atoms with Crippen molar-refractivity contribution in [3.63, 3.8) is 0 Å². The van der Waals surface area contributed by atoms with Gasteiger partial charge in [0.2, 0.25) is 5.91 Å². The summed E-state index contributed by atoms with van der Waals surface area (Å²) in [4.78, 5) is 14.3. The lowest BCUT2D eigenvalue weighted by Gasteiger charge is -2.13. The van der Waals surface area contributed by atoms with E-state index in [0.717, 1.165) is 29.9 Å². The summed E-state index contributed by atoms with van der Waals surface area (Å²) in [6, 6.07) is 8.24. The molecule has 0 aliphatic rings. The summed E-state index contributed by atoms with van der Waals surface area (Å²) in [6.45, 7) is 9.99. The van der Waals surface area contributed by atoms with Crippen molar-refractivity contribution in [2.75, 3.05) is 19.0 Å². The minimum Gasteiger partial charge on any atom is -0.378 e. The maximum absolute atomic E-state index is 12.2. The van der Waals surface area contributed by atoms with Crippen molar-refractivity contribution in [1.82, 2.24) is 15.1 Å². The number of hydrogen-bond acceptors (Lipinski definition) is 3. The van der Waals surface area contributed by atoms with Crippen LogP contribution in [0.5, 0.6) is 0 Å². The molecule has 1 N–H and O–H groups in total. The van der Waals surface area contributed by atoms with Crippen molar-refractivity contribution in [2.24, 2.45) is 5.92 Å². The Balaban J connectivity index is 1.86. The van der Waals surface area contributed by atoms with Crippen molar-refractivity contribution in [2.45, 2.75) is 53.6 Å². The van der Waals surface area contributed by atoms with Crippen LogP contribution in [-0.4, -0.2) is 29.8 Å². The number of benzene rings is 1. The molecule has 0 spiro atoms. The highest BCUT2D eigenvalue weighted by molar-refractivity contribution is 5.76. The van der Waals surface area contributed by atoms with Gasteiger partial charge in [0.1, 0.15) is 0 Å². The van der Waals surface area contributed by atoms with Crippen LogP contribution in [0.25, 0.3) is 0 Å². The molecule has 1 heterocycles. The number of nitrogens with zero attached hydrogens (tertiary/aromatic N) is 3. The lowest BCUT2D eigenvalue weighted by molar-refractivity contribution is -0.121. The van der Waals surface area contributed by atoms with Crippen LogP contribution in [0.1, 0.15) is 42.8 Å². The van der Waals surface area contributed by atoms with Crippen molar-refractivity contribution in [3.8, 4) is 0 Å². The summed E-state index contributed by atoms with van der Waals surface area (Å²) in [5, 5.41) is 7.64. The predicted molar refractivity (Wildman–Crippen MR) is 107 cm³/mol. The summed E-state index contributed by atoms with van der Waals surface area (Å²) in [7, 11) is 4.04. The monoisotopic (exact) mass is 356 g/mol. The number of carbonyl (C=O) groups excluding carboxylic acids is 1.